The predicted octanol–water partition coefficient (Wildman–Crippen LogP) is 4.42. The molecule has 0 saturated heterocycles. The minimum atomic E-state index is -0.754. The minimum Gasteiger partial charge on any atom is -0.352 e. The number of guanidine groups is 1. The van der Waals surface area contributed by atoms with Crippen molar-refractivity contribution in [2.45, 2.75) is 12.5 Å². The summed E-state index contributed by atoms with van der Waals surface area (Å²) in [6.45, 7) is 2.10. The summed E-state index contributed by atoms with van der Waals surface area (Å²) in [5.41, 5.74) is 5.74. The molecule has 5 heteroatoms. The van der Waals surface area contributed by atoms with Gasteiger partial charge < -0.3 is 4.57 Å². The molecule has 0 spiro atoms. The molecule has 0 amide bonds. The highest BCUT2D eigenvalue weighted by atomic mass is 15.4. The van der Waals surface area contributed by atoms with E-state index in [0.717, 1.165) is 34.0 Å². The second-order valence-corrected chi connectivity index (χ2v) is 7.61. The number of amidine groups is 1. The summed E-state index contributed by atoms with van der Waals surface area (Å²) in [5, 5.41) is 0. The second-order valence-electron chi connectivity index (χ2n) is 7.61. The van der Waals surface area contributed by atoms with Crippen LogP contribution in [0.5, 0.6) is 0 Å². The third-order valence-electron chi connectivity index (χ3n) is 5.86. The average molecular weight is 377 g/mol. The molecule has 0 aliphatic carbocycles. The van der Waals surface area contributed by atoms with Gasteiger partial charge in [-0.15, -0.1) is 0 Å². The first-order valence-electron chi connectivity index (χ1n) is 9.70. The number of benzene rings is 2. The summed E-state index contributed by atoms with van der Waals surface area (Å²) in [4.78, 5) is 17.1. The molecule has 0 saturated carbocycles. The van der Waals surface area contributed by atoms with Crippen LogP contribution in [0.3, 0.4) is 0 Å². The highest BCUT2D eigenvalue weighted by Crippen LogP contribution is 2.48. The van der Waals surface area contributed by atoms with Crippen LogP contribution < -0.4 is 0 Å². The maximum absolute atomic E-state index is 5.22. The van der Waals surface area contributed by atoms with Crippen molar-refractivity contribution < 1.29 is 0 Å². The molecule has 1 aromatic heterocycles. The number of aromatic nitrogens is 1. The van der Waals surface area contributed by atoms with E-state index >= 15 is 0 Å². The molecule has 4 heterocycles. The van der Waals surface area contributed by atoms with Crippen LogP contribution in [0.15, 0.2) is 87.9 Å². The van der Waals surface area contributed by atoms with Gasteiger partial charge in [-0.3, -0.25) is 4.90 Å². The largest absolute Gasteiger partial charge is 0.352 e. The van der Waals surface area contributed by atoms with Gasteiger partial charge in [0.1, 0.15) is 0 Å². The third-order valence-corrected chi connectivity index (χ3v) is 5.86. The molecule has 3 aromatic rings. The molecular weight excluding hydrogens is 358 g/mol. The summed E-state index contributed by atoms with van der Waals surface area (Å²) in [6.07, 6.45) is 5.93. The van der Waals surface area contributed by atoms with Crippen molar-refractivity contribution in [2.75, 3.05) is 0 Å². The van der Waals surface area contributed by atoms with E-state index in [9.17, 15) is 0 Å². The van der Waals surface area contributed by atoms with Gasteiger partial charge in [0, 0.05) is 25.0 Å². The van der Waals surface area contributed by atoms with E-state index in [0.29, 0.717) is 5.96 Å². The fourth-order valence-corrected chi connectivity index (χ4v) is 4.45. The van der Waals surface area contributed by atoms with Crippen LogP contribution in [0.1, 0.15) is 22.4 Å². The maximum Gasteiger partial charge on any atom is 0.232 e. The standard InChI is InChI=1S/C24H19N5/c1-16-9-11-17(12-10-16)24(21-8-5-15-28(21)2)22-26-19-7-4-3-6-18(19)20-13-14-25-23(27-24)29(20)22/h3-15H,1-2H3. The van der Waals surface area contributed by atoms with Crippen LogP contribution in [0.25, 0.3) is 5.70 Å². The Bertz CT molecular complexity index is 1270. The van der Waals surface area contributed by atoms with Crippen molar-refractivity contribution in [3.63, 3.8) is 0 Å². The first-order chi connectivity index (χ1) is 14.2. The molecule has 1 unspecified atom stereocenters. The first kappa shape index (κ1) is 16.2. The molecule has 140 valence electrons. The molecule has 0 radical (unpaired) electrons. The van der Waals surface area contributed by atoms with Gasteiger partial charge in [-0.25, -0.2) is 15.0 Å². The Morgan fingerprint density at radius 3 is 2.55 bits per heavy atom. The Kier molecular flexibility index (Phi) is 3.16. The summed E-state index contributed by atoms with van der Waals surface area (Å²) >= 11 is 0. The zero-order valence-electron chi connectivity index (χ0n) is 16.2. The van der Waals surface area contributed by atoms with Crippen LogP contribution in [-0.4, -0.2) is 27.5 Å². The highest BCUT2D eigenvalue weighted by Gasteiger charge is 2.53. The third kappa shape index (κ3) is 2.07. The van der Waals surface area contributed by atoms with Gasteiger partial charge in [0.15, 0.2) is 11.4 Å². The normalized spacial score (nSPS) is 21.3. The quantitative estimate of drug-likeness (QED) is 0.652. The van der Waals surface area contributed by atoms with Crippen molar-refractivity contribution in [3.05, 3.63) is 95.3 Å². The number of rotatable bonds is 2. The molecule has 1 atom stereocenters. The molecule has 6 rings (SSSR count). The van der Waals surface area contributed by atoms with Gasteiger partial charge in [0.05, 0.1) is 17.1 Å². The van der Waals surface area contributed by atoms with E-state index in [1.54, 1.807) is 0 Å². The van der Waals surface area contributed by atoms with Crippen molar-refractivity contribution in [2.24, 2.45) is 22.0 Å². The Morgan fingerprint density at radius 2 is 1.76 bits per heavy atom. The fourth-order valence-electron chi connectivity index (χ4n) is 4.45. The SMILES string of the molecule is Cc1ccc(C2(c3cccn3C)N=C3N=CC=C4c5ccccc5N=C2N43)cc1. The molecule has 29 heavy (non-hydrogen) atoms. The molecule has 5 nitrogen and oxygen atoms in total. The maximum atomic E-state index is 5.22. The van der Waals surface area contributed by atoms with E-state index in [4.69, 9.17) is 9.98 Å². The number of aryl methyl sites for hydroxylation is 2. The van der Waals surface area contributed by atoms with E-state index < -0.39 is 5.54 Å². The molecule has 3 aliphatic rings. The van der Waals surface area contributed by atoms with Gasteiger partial charge in [0.25, 0.3) is 0 Å². The van der Waals surface area contributed by atoms with Crippen molar-refractivity contribution in [3.8, 4) is 0 Å². The van der Waals surface area contributed by atoms with Crippen LogP contribution in [0, 0.1) is 6.92 Å². The number of fused-ring (bicyclic) bond motifs is 2. The zero-order chi connectivity index (χ0) is 19.6. The van der Waals surface area contributed by atoms with E-state index in [2.05, 4.69) is 83.2 Å². The van der Waals surface area contributed by atoms with Gasteiger partial charge in [-0.05, 0) is 36.8 Å². The summed E-state index contributed by atoms with van der Waals surface area (Å²) in [7, 11) is 2.06. The summed E-state index contributed by atoms with van der Waals surface area (Å²) in [5.74, 6) is 1.55. The molecule has 2 aromatic carbocycles. The minimum absolute atomic E-state index is 0.678. The van der Waals surface area contributed by atoms with Crippen molar-refractivity contribution in [1.82, 2.24) is 9.47 Å². The summed E-state index contributed by atoms with van der Waals surface area (Å²) < 4.78 is 2.12. The van der Waals surface area contributed by atoms with Gasteiger partial charge in [-0.1, -0.05) is 48.0 Å². The lowest BCUT2D eigenvalue weighted by atomic mass is 9.84. The topological polar surface area (TPSA) is 45.2 Å². The fraction of sp³-hybridized carbons (Fsp3) is 0.125. The van der Waals surface area contributed by atoms with E-state index in [1.807, 2.05) is 24.4 Å². The Balaban J connectivity index is 1.73. The number of nitrogens with zero attached hydrogens (tertiary/aromatic N) is 5. The number of hydrogen-bond acceptors (Lipinski definition) is 4. The molecular formula is C24H19N5. The van der Waals surface area contributed by atoms with Crippen LogP contribution in [-0.2, 0) is 12.6 Å². The van der Waals surface area contributed by atoms with E-state index in [1.165, 1.54) is 5.56 Å². The van der Waals surface area contributed by atoms with Crippen molar-refractivity contribution in [1.29, 1.82) is 0 Å². The smallest absolute Gasteiger partial charge is 0.232 e. The zero-order valence-corrected chi connectivity index (χ0v) is 16.2. The number of para-hydroxylation sites is 1. The monoisotopic (exact) mass is 377 g/mol. The van der Waals surface area contributed by atoms with E-state index in [-0.39, 0.29) is 0 Å². The number of allylic oxidation sites excluding steroid dienone is 1. The lowest BCUT2D eigenvalue weighted by Crippen LogP contribution is -2.43. The first-order valence-corrected chi connectivity index (χ1v) is 9.70. The Hall–Kier alpha value is -3.73. The number of hydrogen-bond donors (Lipinski definition) is 0. The Labute approximate surface area is 169 Å². The van der Waals surface area contributed by atoms with Crippen LogP contribution >= 0.6 is 0 Å². The molecule has 3 aliphatic heterocycles. The van der Waals surface area contributed by atoms with Crippen LogP contribution in [0.2, 0.25) is 0 Å². The average Bonchev–Trinajstić information content (AvgIpc) is 3.32. The highest BCUT2D eigenvalue weighted by molar-refractivity contribution is 6.23. The van der Waals surface area contributed by atoms with Gasteiger partial charge >= 0.3 is 0 Å². The second kappa shape index (κ2) is 5.64. The number of aliphatic imine (C=N–C) groups is 3. The van der Waals surface area contributed by atoms with Crippen molar-refractivity contribution >= 4 is 29.4 Å². The van der Waals surface area contributed by atoms with Gasteiger partial charge in [-0.2, -0.15) is 0 Å². The Morgan fingerprint density at radius 1 is 0.931 bits per heavy atom. The van der Waals surface area contributed by atoms with Crippen LogP contribution in [0.4, 0.5) is 5.69 Å². The molecule has 0 fully saturated rings. The summed E-state index contributed by atoms with van der Waals surface area (Å²) in [6, 6.07) is 21.0. The lowest BCUT2D eigenvalue weighted by Gasteiger charge is -2.35. The lowest BCUT2D eigenvalue weighted by molar-refractivity contribution is 0.646. The van der Waals surface area contributed by atoms with Gasteiger partial charge in [0.2, 0.25) is 5.96 Å². The molecule has 0 N–H and O–H groups in total. The molecule has 0 bridgehead atoms. The predicted molar refractivity (Wildman–Crippen MR) is 117 cm³/mol.